The predicted molar refractivity (Wildman–Crippen MR) is 111 cm³/mol. The summed E-state index contributed by atoms with van der Waals surface area (Å²) >= 11 is 2.72. The molecule has 1 amide bonds. The SMILES string of the molecule is CCn1c(SCC(=O)Nc2nnc(C(C)C)s2)nnc1-c1ccc2c(c1)OCO2. The second-order valence-corrected chi connectivity index (χ2v) is 8.51. The lowest BCUT2D eigenvalue weighted by Crippen LogP contribution is -2.14. The van der Waals surface area contributed by atoms with Crippen LogP contribution in [0.15, 0.2) is 23.4 Å². The Morgan fingerprint density at radius 1 is 1.24 bits per heavy atom. The summed E-state index contributed by atoms with van der Waals surface area (Å²) in [7, 11) is 0. The zero-order chi connectivity index (χ0) is 20.4. The monoisotopic (exact) mass is 432 g/mol. The summed E-state index contributed by atoms with van der Waals surface area (Å²) in [6, 6.07) is 5.67. The highest BCUT2D eigenvalue weighted by Crippen LogP contribution is 2.36. The molecule has 1 aromatic carbocycles. The summed E-state index contributed by atoms with van der Waals surface area (Å²) in [5.74, 6) is 2.47. The van der Waals surface area contributed by atoms with Gasteiger partial charge in [0.15, 0.2) is 22.5 Å². The first-order chi connectivity index (χ1) is 14.0. The van der Waals surface area contributed by atoms with Gasteiger partial charge in [0.1, 0.15) is 5.01 Å². The van der Waals surface area contributed by atoms with Crippen molar-refractivity contribution >= 4 is 34.1 Å². The molecule has 0 atom stereocenters. The van der Waals surface area contributed by atoms with Crippen LogP contribution in [0.25, 0.3) is 11.4 Å². The summed E-state index contributed by atoms with van der Waals surface area (Å²) in [4.78, 5) is 12.3. The molecule has 3 heterocycles. The summed E-state index contributed by atoms with van der Waals surface area (Å²) in [6.07, 6.45) is 0. The molecule has 1 N–H and O–H groups in total. The Labute approximate surface area is 175 Å². The van der Waals surface area contributed by atoms with E-state index in [4.69, 9.17) is 9.47 Å². The Hall–Kier alpha value is -2.66. The van der Waals surface area contributed by atoms with E-state index in [1.54, 1.807) is 0 Å². The van der Waals surface area contributed by atoms with E-state index in [1.165, 1.54) is 23.1 Å². The molecule has 0 bridgehead atoms. The molecule has 0 spiro atoms. The summed E-state index contributed by atoms with van der Waals surface area (Å²) in [6.45, 7) is 6.99. The van der Waals surface area contributed by atoms with Gasteiger partial charge in [-0.1, -0.05) is 36.9 Å². The van der Waals surface area contributed by atoms with Gasteiger partial charge in [0.2, 0.25) is 17.8 Å². The largest absolute Gasteiger partial charge is 0.454 e. The van der Waals surface area contributed by atoms with Gasteiger partial charge in [-0.3, -0.25) is 10.1 Å². The molecule has 29 heavy (non-hydrogen) atoms. The van der Waals surface area contributed by atoms with Crippen LogP contribution in [-0.2, 0) is 11.3 Å². The van der Waals surface area contributed by atoms with Crippen molar-refractivity contribution in [2.24, 2.45) is 0 Å². The predicted octanol–water partition coefficient (Wildman–Crippen LogP) is 3.40. The van der Waals surface area contributed by atoms with Crippen LogP contribution in [0.3, 0.4) is 0 Å². The Balaban J connectivity index is 1.43. The number of nitrogens with one attached hydrogen (secondary N) is 1. The van der Waals surface area contributed by atoms with E-state index in [0.717, 1.165) is 22.1 Å². The molecule has 3 aromatic rings. The van der Waals surface area contributed by atoms with Crippen molar-refractivity contribution in [2.75, 3.05) is 17.9 Å². The third kappa shape index (κ3) is 4.20. The molecule has 0 saturated heterocycles. The van der Waals surface area contributed by atoms with E-state index in [0.29, 0.717) is 22.6 Å². The second kappa shape index (κ2) is 8.37. The van der Waals surface area contributed by atoms with Crippen LogP contribution in [0.1, 0.15) is 31.7 Å². The van der Waals surface area contributed by atoms with Crippen molar-refractivity contribution in [1.82, 2.24) is 25.0 Å². The van der Waals surface area contributed by atoms with Gasteiger partial charge < -0.3 is 14.0 Å². The standard InChI is InChI=1S/C18H20N6O3S2/c1-4-24-15(11-5-6-12-13(7-11)27-9-26-12)20-23-18(24)28-8-14(25)19-17-22-21-16(29-17)10(2)3/h5-7,10H,4,8-9H2,1-3H3,(H,19,22,25). The third-order valence-corrected chi connectivity index (χ3v) is 6.28. The average molecular weight is 433 g/mol. The number of thioether (sulfide) groups is 1. The first kappa shape index (κ1) is 19.6. The number of fused-ring (bicyclic) bond motifs is 1. The molecule has 11 heteroatoms. The molecule has 0 radical (unpaired) electrons. The lowest BCUT2D eigenvalue weighted by Gasteiger charge is -2.08. The first-order valence-electron chi connectivity index (χ1n) is 9.14. The zero-order valence-corrected chi connectivity index (χ0v) is 17.8. The fraction of sp³-hybridized carbons (Fsp3) is 0.389. The lowest BCUT2D eigenvalue weighted by molar-refractivity contribution is -0.113. The van der Waals surface area contributed by atoms with E-state index in [1.807, 2.05) is 43.5 Å². The number of hydrogen-bond acceptors (Lipinski definition) is 9. The average Bonchev–Trinajstić information content (AvgIpc) is 3.44. The molecule has 0 aliphatic carbocycles. The van der Waals surface area contributed by atoms with Crippen molar-refractivity contribution in [3.63, 3.8) is 0 Å². The van der Waals surface area contributed by atoms with Crippen molar-refractivity contribution in [2.45, 2.75) is 38.4 Å². The van der Waals surface area contributed by atoms with E-state index in [9.17, 15) is 4.79 Å². The Morgan fingerprint density at radius 2 is 2.07 bits per heavy atom. The van der Waals surface area contributed by atoms with Crippen LogP contribution >= 0.6 is 23.1 Å². The van der Waals surface area contributed by atoms with E-state index in [2.05, 4.69) is 25.7 Å². The number of benzene rings is 1. The van der Waals surface area contributed by atoms with Crippen LogP contribution in [0.4, 0.5) is 5.13 Å². The molecule has 9 nitrogen and oxygen atoms in total. The number of anilines is 1. The summed E-state index contributed by atoms with van der Waals surface area (Å²) < 4.78 is 12.8. The van der Waals surface area contributed by atoms with Gasteiger partial charge in [-0.2, -0.15) is 0 Å². The van der Waals surface area contributed by atoms with E-state index in [-0.39, 0.29) is 24.4 Å². The lowest BCUT2D eigenvalue weighted by atomic mass is 10.2. The van der Waals surface area contributed by atoms with Gasteiger partial charge in [-0.25, -0.2) is 0 Å². The fourth-order valence-corrected chi connectivity index (χ4v) is 4.30. The molecule has 0 fully saturated rings. The molecule has 152 valence electrons. The van der Waals surface area contributed by atoms with Gasteiger partial charge in [-0.15, -0.1) is 20.4 Å². The molecule has 2 aromatic heterocycles. The Bertz CT molecular complexity index is 1030. The molecular formula is C18H20N6O3S2. The molecule has 1 aliphatic heterocycles. The van der Waals surface area contributed by atoms with Gasteiger partial charge in [0.05, 0.1) is 5.75 Å². The molecule has 0 saturated carbocycles. The minimum atomic E-state index is -0.156. The fourth-order valence-electron chi connectivity index (χ4n) is 2.73. The van der Waals surface area contributed by atoms with Gasteiger partial charge in [0, 0.05) is 18.0 Å². The Morgan fingerprint density at radius 3 is 2.83 bits per heavy atom. The van der Waals surface area contributed by atoms with Crippen LogP contribution < -0.4 is 14.8 Å². The molecule has 4 rings (SSSR count). The summed E-state index contributed by atoms with van der Waals surface area (Å²) in [5.41, 5.74) is 0.884. The van der Waals surface area contributed by atoms with Crippen molar-refractivity contribution in [3.05, 3.63) is 23.2 Å². The van der Waals surface area contributed by atoms with Crippen molar-refractivity contribution in [1.29, 1.82) is 0 Å². The molecule has 1 aliphatic rings. The van der Waals surface area contributed by atoms with E-state index < -0.39 is 0 Å². The highest BCUT2D eigenvalue weighted by molar-refractivity contribution is 7.99. The highest BCUT2D eigenvalue weighted by atomic mass is 32.2. The number of nitrogens with zero attached hydrogens (tertiary/aromatic N) is 5. The number of amides is 1. The maximum Gasteiger partial charge on any atom is 0.236 e. The van der Waals surface area contributed by atoms with Crippen LogP contribution in [0.5, 0.6) is 11.5 Å². The summed E-state index contributed by atoms with van der Waals surface area (Å²) in [5, 5.41) is 21.5. The normalized spacial score (nSPS) is 12.6. The van der Waals surface area contributed by atoms with Crippen molar-refractivity contribution < 1.29 is 14.3 Å². The molecule has 0 unspecified atom stereocenters. The second-order valence-electron chi connectivity index (χ2n) is 6.56. The maximum absolute atomic E-state index is 12.3. The third-order valence-electron chi connectivity index (χ3n) is 4.18. The minimum absolute atomic E-state index is 0.156. The zero-order valence-electron chi connectivity index (χ0n) is 16.2. The topological polar surface area (TPSA) is 104 Å². The maximum atomic E-state index is 12.3. The molecular weight excluding hydrogens is 412 g/mol. The van der Waals surface area contributed by atoms with E-state index >= 15 is 0 Å². The van der Waals surface area contributed by atoms with Crippen LogP contribution in [0, 0.1) is 0 Å². The smallest absolute Gasteiger partial charge is 0.236 e. The van der Waals surface area contributed by atoms with Gasteiger partial charge >= 0.3 is 0 Å². The number of aromatic nitrogens is 5. The van der Waals surface area contributed by atoms with Gasteiger partial charge in [0.25, 0.3) is 0 Å². The van der Waals surface area contributed by atoms with Gasteiger partial charge in [-0.05, 0) is 25.1 Å². The number of hydrogen-bond donors (Lipinski definition) is 1. The minimum Gasteiger partial charge on any atom is -0.454 e. The number of carbonyl (C=O) groups excluding carboxylic acids is 1. The van der Waals surface area contributed by atoms with Crippen LogP contribution in [0.2, 0.25) is 0 Å². The highest BCUT2D eigenvalue weighted by Gasteiger charge is 2.19. The quantitative estimate of drug-likeness (QED) is 0.567. The number of carbonyl (C=O) groups is 1. The van der Waals surface area contributed by atoms with Crippen molar-refractivity contribution in [3.8, 4) is 22.9 Å². The first-order valence-corrected chi connectivity index (χ1v) is 10.9. The Kier molecular flexibility index (Phi) is 5.67. The number of ether oxygens (including phenoxy) is 2. The van der Waals surface area contributed by atoms with Crippen LogP contribution in [-0.4, -0.2) is 43.4 Å². The number of rotatable bonds is 7.